The zero-order chi connectivity index (χ0) is 34.0. The Kier molecular flexibility index (Phi) is 14.9. The molecular formula is C40H74IN9Zn. The van der Waals surface area contributed by atoms with Gasteiger partial charge in [0.25, 0.3) is 0 Å². The van der Waals surface area contributed by atoms with Crippen molar-refractivity contribution in [3.63, 3.8) is 0 Å². The van der Waals surface area contributed by atoms with E-state index in [1.807, 2.05) is 0 Å². The first kappa shape index (κ1) is 40.2. The van der Waals surface area contributed by atoms with Gasteiger partial charge >= 0.3 is 0 Å². The molecule has 4 aliphatic carbocycles. The molecule has 10 N–H and O–H groups in total. The summed E-state index contributed by atoms with van der Waals surface area (Å²) < 4.78 is 0.749. The van der Waals surface area contributed by atoms with Crippen molar-refractivity contribution in [2.24, 2.45) is 53.1 Å². The van der Waals surface area contributed by atoms with E-state index < -0.39 is 0 Å². The van der Waals surface area contributed by atoms with Crippen LogP contribution < -0.4 is 48.3 Å². The van der Waals surface area contributed by atoms with E-state index in [-0.39, 0.29) is 19.5 Å². The summed E-state index contributed by atoms with van der Waals surface area (Å²) in [6.07, 6.45) is 32.0. The molecule has 9 nitrogen and oxygen atoms in total. The van der Waals surface area contributed by atoms with Crippen molar-refractivity contribution in [3.05, 3.63) is 0 Å². The third kappa shape index (κ3) is 8.79. The van der Waals surface area contributed by atoms with Crippen molar-refractivity contribution in [1.82, 2.24) is 42.5 Å². The Labute approximate surface area is 337 Å². The molecule has 0 spiro atoms. The van der Waals surface area contributed by atoms with Crippen LogP contribution in [-0.2, 0) is 19.5 Å². The topological polar surface area (TPSA) is 122 Å². The van der Waals surface area contributed by atoms with E-state index in [0.29, 0.717) is 61.2 Å². The minimum Gasteiger partial charge on any atom is -0.330 e. The van der Waals surface area contributed by atoms with Crippen molar-refractivity contribution in [1.29, 1.82) is 0 Å². The molecule has 9 fully saturated rings. The molecule has 9 rings (SSSR count). The quantitative estimate of drug-likeness (QED) is 0.0757. The van der Waals surface area contributed by atoms with Gasteiger partial charge in [-0.2, -0.15) is 0 Å². The number of nitrogens with two attached hydrogens (primary N) is 1. The third-order valence-electron chi connectivity index (χ3n) is 15.4. The molecule has 0 aromatic carbocycles. The normalized spacial score (nSPS) is 48.6. The number of hydrogen-bond acceptors (Lipinski definition) is 9. The van der Waals surface area contributed by atoms with Crippen LogP contribution in [0.2, 0.25) is 0 Å². The molecule has 51 heavy (non-hydrogen) atoms. The van der Waals surface area contributed by atoms with Gasteiger partial charge in [0.1, 0.15) is 0 Å². The minimum absolute atomic E-state index is 0. The largest absolute Gasteiger partial charge is 0.330 e. The molecule has 8 bridgehead atoms. The molecule has 5 saturated heterocycles. The van der Waals surface area contributed by atoms with Crippen LogP contribution in [0.4, 0.5) is 0 Å². The molecule has 0 radical (unpaired) electrons. The van der Waals surface area contributed by atoms with E-state index >= 15 is 0 Å². The fraction of sp³-hybridized carbons (Fsp3) is 1.00. The maximum Gasteiger partial charge on any atom is 0.0638 e. The monoisotopic (exact) mass is 871 g/mol. The van der Waals surface area contributed by atoms with Crippen LogP contribution in [0.5, 0.6) is 0 Å². The van der Waals surface area contributed by atoms with Gasteiger partial charge in [-0.15, -0.1) is 0 Å². The molecule has 0 aromatic rings. The molecular weight excluding hydrogens is 799 g/mol. The zero-order valence-corrected chi connectivity index (χ0v) is 37.2. The predicted octanol–water partition coefficient (Wildman–Crippen LogP) is 5.32. The van der Waals surface area contributed by atoms with Crippen molar-refractivity contribution < 1.29 is 19.5 Å². The number of nitrogens with one attached hydrogen (secondary N) is 8. The summed E-state index contributed by atoms with van der Waals surface area (Å²) in [5.41, 5.74) is 5.34. The number of alkyl halides is 1. The van der Waals surface area contributed by atoms with E-state index in [9.17, 15) is 0 Å². The summed E-state index contributed by atoms with van der Waals surface area (Å²) >= 11 is 2.81. The molecule has 288 valence electrons. The van der Waals surface area contributed by atoms with Gasteiger partial charge in [-0.25, -0.2) is 0 Å². The van der Waals surface area contributed by atoms with Crippen molar-refractivity contribution in [2.75, 3.05) is 6.54 Å². The molecule has 5 aliphatic heterocycles. The maximum atomic E-state index is 5.34. The van der Waals surface area contributed by atoms with Crippen LogP contribution in [0.15, 0.2) is 0 Å². The first-order chi connectivity index (χ1) is 24.6. The molecule has 17 unspecified atom stereocenters. The van der Waals surface area contributed by atoms with E-state index in [2.05, 4.69) is 72.0 Å². The summed E-state index contributed by atoms with van der Waals surface area (Å²) in [5, 5.41) is 33.9. The number of hydrogen-bond donors (Lipinski definition) is 9. The third-order valence-corrected chi connectivity index (χ3v) is 16.8. The zero-order valence-electron chi connectivity index (χ0n) is 32.0. The Morgan fingerprint density at radius 3 is 1.10 bits per heavy atom. The van der Waals surface area contributed by atoms with E-state index in [4.69, 9.17) is 5.73 Å². The van der Waals surface area contributed by atoms with E-state index in [1.165, 1.54) is 135 Å². The molecule has 17 atom stereocenters. The van der Waals surface area contributed by atoms with Crippen molar-refractivity contribution in [3.8, 4) is 0 Å². The molecule has 0 amide bonds. The Balaban J connectivity index is 0.000000363. The first-order valence-corrected chi connectivity index (χ1v) is 23.3. The summed E-state index contributed by atoms with van der Waals surface area (Å²) in [5.74, 6) is 5.85. The van der Waals surface area contributed by atoms with Crippen LogP contribution in [0.1, 0.15) is 142 Å². The predicted molar refractivity (Wildman–Crippen MR) is 213 cm³/mol. The summed E-state index contributed by atoms with van der Waals surface area (Å²) in [6, 6.07) is 0. The van der Waals surface area contributed by atoms with E-state index in [1.54, 1.807) is 0 Å². The van der Waals surface area contributed by atoms with Crippen molar-refractivity contribution >= 4 is 22.6 Å². The fourth-order valence-electron chi connectivity index (χ4n) is 12.9. The van der Waals surface area contributed by atoms with Crippen molar-refractivity contribution in [2.45, 2.75) is 195 Å². The molecule has 4 saturated carbocycles. The first-order valence-electron chi connectivity index (χ1n) is 22.1. The van der Waals surface area contributed by atoms with Gasteiger partial charge in [-0.1, -0.05) is 107 Å². The van der Waals surface area contributed by atoms with Crippen LogP contribution in [-0.4, -0.2) is 59.8 Å². The van der Waals surface area contributed by atoms with Crippen LogP contribution >= 0.6 is 22.6 Å². The smallest absolute Gasteiger partial charge is 0.0638 e. The number of fused-ring (bicyclic) bond motifs is 20. The summed E-state index contributed by atoms with van der Waals surface area (Å²) in [6.45, 7) is 3.11. The Morgan fingerprint density at radius 1 is 0.412 bits per heavy atom. The van der Waals surface area contributed by atoms with Crippen LogP contribution in [0, 0.1) is 47.3 Å². The van der Waals surface area contributed by atoms with Gasteiger partial charge in [0.15, 0.2) is 0 Å². The second-order valence-corrected chi connectivity index (χ2v) is 19.8. The fourth-order valence-corrected chi connectivity index (χ4v) is 14.3. The average molecular weight is 873 g/mol. The second kappa shape index (κ2) is 19.0. The summed E-state index contributed by atoms with van der Waals surface area (Å²) in [7, 11) is 0. The Bertz CT molecular complexity index is 1070. The molecule has 5 heterocycles. The van der Waals surface area contributed by atoms with Gasteiger partial charge in [0.2, 0.25) is 0 Å². The standard InChI is InChI=1S/C32H55IN8.C8H19N.Zn/c33-23-15-7-14-22-24(23)32-40-30-21-13-6-5-12-20(21)28(38-30)36-26-17-9-2-1-8-16(17)25(34-26)35-27-18-10-3-4-11-19(18)29(37-27)39-31(22)41-32;1-2-3-4-5-6-7-8-9;/h16-32,34-41H,1-15H2;2-9H2,1H3;. The van der Waals surface area contributed by atoms with Gasteiger partial charge < -0.3 is 5.73 Å². The van der Waals surface area contributed by atoms with Gasteiger partial charge in [0, 0.05) is 29.3 Å². The molecule has 11 heteroatoms. The van der Waals surface area contributed by atoms with Crippen LogP contribution in [0.3, 0.4) is 0 Å². The van der Waals surface area contributed by atoms with Gasteiger partial charge in [0.05, 0.1) is 49.3 Å². The van der Waals surface area contributed by atoms with E-state index in [0.717, 1.165) is 46.0 Å². The van der Waals surface area contributed by atoms with Gasteiger partial charge in [-0.3, -0.25) is 42.5 Å². The number of unbranched alkanes of at least 4 members (excludes halogenated alkanes) is 5. The minimum atomic E-state index is 0. The number of halogens is 1. The average Bonchev–Trinajstić information content (AvgIpc) is 3.88. The molecule has 0 aromatic heterocycles. The second-order valence-electron chi connectivity index (χ2n) is 18.2. The maximum absolute atomic E-state index is 5.34. The SMILES string of the molecule is CCCCCCCCN.IC1CCCC2C3NC4NC(NC5NC(NC6NC(NC(N3)C12)C1CCCCC61)C1CCCCC51)C1CCCCC41.[Zn]. The van der Waals surface area contributed by atoms with Gasteiger partial charge in [-0.05, 0) is 106 Å². The Hall–Kier alpha value is 0.993. The Morgan fingerprint density at radius 2 is 0.725 bits per heavy atom. The molecule has 9 aliphatic rings. The summed E-state index contributed by atoms with van der Waals surface area (Å²) in [4.78, 5) is 0. The van der Waals surface area contributed by atoms with Crippen LogP contribution in [0.25, 0.3) is 0 Å². The number of rotatable bonds is 6.